The minimum Gasteiger partial charge on any atom is -0.355 e. The molecule has 1 amide bonds. The molecule has 0 bridgehead atoms. The van der Waals surface area contributed by atoms with Crippen LogP contribution in [0.4, 0.5) is 0 Å². The first-order valence-electron chi connectivity index (χ1n) is 8.97. The summed E-state index contributed by atoms with van der Waals surface area (Å²) < 4.78 is 0. The zero-order chi connectivity index (χ0) is 15.3. The highest BCUT2D eigenvalue weighted by Crippen LogP contribution is 2.42. The van der Waals surface area contributed by atoms with E-state index in [1.165, 1.54) is 32.1 Å². The Kier molecular flexibility index (Phi) is 6.40. The van der Waals surface area contributed by atoms with Crippen LogP contribution < -0.4 is 5.32 Å². The van der Waals surface area contributed by atoms with Crippen LogP contribution in [-0.4, -0.2) is 18.3 Å². The minimum atomic E-state index is 0.0826. The van der Waals surface area contributed by atoms with Crippen LogP contribution in [0.15, 0.2) is 0 Å². The molecule has 21 heavy (non-hydrogen) atoms. The van der Waals surface area contributed by atoms with Crippen LogP contribution >= 0.6 is 11.6 Å². The number of amides is 1. The molecule has 122 valence electrons. The van der Waals surface area contributed by atoms with Gasteiger partial charge < -0.3 is 5.32 Å². The summed E-state index contributed by atoms with van der Waals surface area (Å²) in [5, 5.41) is 3.22. The van der Waals surface area contributed by atoms with E-state index in [0.29, 0.717) is 5.88 Å². The van der Waals surface area contributed by atoms with Gasteiger partial charge in [0.25, 0.3) is 0 Å². The highest BCUT2D eigenvalue weighted by Gasteiger charge is 2.35. The number of alkyl halides is 1. The van der Waals surface area contributed by atoms with Gasteiger partial charge in [-0.05, 0) is 43.9 Å². The van der Waals surface area contributed by atoms with Crippen molar-refractivity contribution in [3.8, 4) is 0 Å². The molecule has 3 atom stereocenters. The number of nitrogens with one attached hydrogen (secondary N) is 1. The van der Waals surface area contributed by atoms with Crippen molar-refractivity contribution in [1.82, 2.24) is 5.32 Å². The van der Waals surface area contributed by atoms with E-state index in [2.05, 4.69) is 19.2 Å². The maximum Gasteiger partial charge on any atom is 0.223 e. The Labute approximate surface area is 135 Å². The van der Waals surface area contributed by atoms with Crippen molar-refractivity contribution < 1.29 is 4.79 Å². The van der Waals surface area contributed by atoms with Crippen LogP contribution in [0.2, 0.25) is 0 Å². The lowest BCUT2D eigenvalue weighted by Crippen LogP contribution is -2.43. The second kappa shape index (κ2) is 7.85. The molecule has 3 unspecified atom stereocenters. The molecule has 0 aromatic carbocycles. The maximum absolute atomic E-state index is 12.5. The van der Waals surface area contributed by atoms with Crippen molar-refractivity contribution in [2.24, 2.45) is 23.2 Å². The summed E-state index contributed by atoms with van der Waals surface area (Å²) in [6, 6.07) is 0. The number of carbonyl (C=O) groups excluding carboxylic acids is 1. The molecule has 0 saturated heterocycles. The molecular weight excluding hydrogens is 282 g/mol. The van der Waals surface area contributed by atoms with E-state index in [9.17, 15) is 4.79 Å². The molecule has 2 saturated carbocycles. The van der Waals surface area contributed by atoms with E-state index in [4.69, 9.17) is 11.6 Å². The van der Waals surface area contributed by atoms with Gasteiger partial charge in [-0.1, -0.05) is 39.5 Å². The van der Waals surface area contributed by atoms with Crippen LogP contribution in [0.3, 0.4) is 0 Å². The zero-order valence-electron chi connectivity index (χ0n) is 13.8. The summed E-state index contributed by atoms with van der Waals surface area (Å²) in [6.07, 6.45) is 11.1. The van der Waals surface area contributed by atoms with Gasteiger partial charge in [0.05, 0.1) is 0 Å². The predicted octanol–water partition coefficient (Wildman–Crippen LogP) is 4.75. The van der Waals surface area contributed by atoms with Gasteiger partial charge in [0.2, 0.25) is 5.91 Å². The van der Waals surface area contributed by atoms with Gasteiger partial charge in [0.1, 0.15) is 0 Å². The van der Waals surface area contributed by atoms with Crippen LogP contribution in [0.25, 0.3) is 0 Å². The van der Waals surface area contributed by atoms with Crippen molar-refractivity contribution in [2.75, 3.05) is 12.4 Å². The molecule has 0 spiro atoms. The van der Waals surface area contributed by atoms with Gasteiger partial charge in [0.15, 0.2) is 0 Å². The van der Waals surface area contributed by atoms with Crippen molar-refractivity contribution >= 4 is 17.5 Å². The summed E-state index contributed by atoms with van der Waals surface area (Å²) in [5.41, 5.74) is 0.0826. The van der Waals surface area contributed by atoms with E-state index in [1.807, 2.05) is 0 Å². The molecule has 0 aromatic heterocycles. The topological polar surface area (TPSA) is 29.1 Å². The third kappa shape index (κ3) is 4.15. The summed E-state index contributed by atoms with van der Waals surface area (Å²) in [4.78, 5) is 12.5. The average Bonchev–Trinajstić information content (AvgIpc) is 2.56. The lowest BCUT2D eigenvalue weighted by atomic mass is 9.67. The van der Waals surface area contributed by atoms with E-state index in [0.717, 1.165) is 44.1 Å². The fraction of sp³-hybridized carbons (Fsp3) is 0.944. The highest BCUT2D eigenvalue weighted by atomic mass is 35.5. The molecule has 2 nitrogen and oxygen atoms in total. The molecule has 0 radical (unpaired) electrons. The molecule has 2 aliphatic carbocycles. The quantitative estimate of drug-likeness (QED) is 0.704. The number of halogens is 1. The smallest absolute Gasteiger partial charge is 0.223 e. The summed E-state index contributed by atoms with van der Waals surface area (Å²) in [7, 11) is 0. The zero-order valence-corrected chi connectivity index (χ0v) is 14.6. The van der Waals surface area contributed by atoms with Crippen molar-refractivity contribution in [2.45, 2.75) is 71.6 Å². The molecule has 2 aliphatic rings. The summed E-state index contributed by atoms with van der Waals surface area (Å²) in [6.45, 7) is 5.09. The van der Waals surface area contributed by atoms with E-state index in [1.54, 1.807) is 0 Å². The first kappa shape index (κ1) is 17.1. The molecule has 0 heterocycles. The molecule has 1 N–H and O–H groups in total. The van der Waals surface area contributed by atoms with Crippen LogP contribution in [0, 0.1) is 23.2 Å². The Morgan fingerprint density at radius 1 is 1.10 bits per heavy atom. The van der Waals surface area contributed by atoms with Gasteiger partial charge in [-0.15, -0.1) is 11.6 Å². The SMILES string of the molecule is CCC(CC)(CCl)CNC(=O)C1CCC2CCCCC2C1. The van der Waals surface area contributed by atoms with Gasteiger partial charge in [-0.3, -0.25) is 4.79 Å². The van der Waals surface area contributed by atoms with Gasteiger partial charge >= 0.3 is 0 Å². The minimum absolute atomic E-state index is 0.0826. The normalized spacial score (nSPS) is 29.8. The molecule has 2 rings (SSSR count). The number of rotatable bonds is 6. The summed E-state index contributed by atoms with van der Waals surface area (Å²) in [5.74, 6) is 2.91. The van der Waals surface area contributed by atoms with Gasteiger partial charge in [-0.2, -0.15) is 0 Å². The van der Waals surface area contributed by atoms with Gasteiger partial charge in [-0.25, -0.2) is 0 Å². The predicted molar refractivity (Wildman–Crippen MR) is 89.5 cm³/mol. The Morgan fingerprint density at radius 3 is 2.38 bits per heavy atom. The Balaban J connectivity index is 1.83. The van der Waals surface area contributed by atoms with Gasteiger partial charge in [0, 0.05) is 23.8 Å². The fourth-order valence-corrected chi connectivity index (χ4v) is 4.74. The standard InChI is InChI=1S/C18H32ClNO/c1-3-18(4-2,12-19)13-20-17(21)16-10-9-14-7-5-6-8-15(14)11-16/h14-16H,3-13H2,1-2H3,(H,20,21). The van der Waals surface area contributed by atoms with E-state index >= 15 is 0 Å². The van der Waals surface area contributed by atoms with Crippen molar-refractivity contribution in [1.29, 1.82) is 0 Å². The monoisotopic (exact) mass is 313 g/mol. The molecule has 3 heteroatoms. The number of fused-ring (bicyclic) bond motifs is 1. The van der Waals surface area contributed by atoms with Crippen molar-refractivity contribution in [3.63, 3.8) is 0 Å². The average molecular weight is 314 g/mol. The Morgan fingerprint density at radius 2 is 1.76 bits per heavy atom. The molecule has 2 fully saturated rings. The van der Waals surface area contributed by atoms with Crippen molar-refractivity contribution in [3.05, 3.63) is 0 Å². The largest absolute Gasteiger partial charge is 0.355 e. The first-order chi connectivity index (χ1) is 10.1. The Hall–Kier alpha value is -0.240. The summed E-state index contributed by atoms with van der Waals surface area (Å²) >= 11 is 6.13. The van der Waals surface area contributed by atoms with Crippen LogP contribution in [0.5, 0.6) is 0 Å². The van der Waals surface area contributed by atoms with Crippen LogP contribution in [-0.2, 0) is 4.79 Å². The fourth-order valence-electron chi connectivity index (χ4n) is 4.27. The number of carbonyl (C=O) groups is 1. The number of hydrogen-bond acceptors (Lipinski definition) is 1. The lowest BCUT2D eigenvalue weighted by molar-refractivity contribution is -0.127. The molecule has 0 aliphatic heterocycles. The van der Waals surface area contributed by atoms with E-state index in [-0.39, 0.29) is 17.2 Å². The lowest BCUT2D eigenvalue weighted by Gasteiger charge is -2.39. The third-order valence-electron chi connectivity index (χ3n) is 6.33. The first-order valence-corrected chi connectivity index (χ1v) is 9.51. The molecule has 0 aromatic rings. The maximum atomic E-state index is 12.5. The number of hydrogen-bond donors (Lipinski definition) is 1. The van der Waals surface area contributed by atoms with Crippen LogP contribution in [0.1, 0.15) is 71.6 Å². The molecular formula is C18H32ClNO. The third-order valence-corrected chi connectivity index (χ3v) is 6.90. The highest BCUT2D eigenvalue weighted by molar-refractivity contribution is 6.18. The van der Waals surface area contributed by atoms with E-state index < -0.39 is 0 Å². The second-order valence-corrected chi connectivity index (χ2v) is 7.64. The Bertz CT molecular complexity index is 332. The second-order valence-electron chi connectivity index (χ2n) is 7.37.